The Hall–Kier alpha value is -0.0400. The van der Waals surface area contributed by atoms with Gasteiger partial charge in [-0.3, -0.25) is 0 Å². The molecule has 0 aromatic carbocycles. The summed E-state index contributed by atoms with van der Waals surface area (Å²) in [6.07, 6.45) is 2.78. The highest BCUT2D eigenvalue weighted by Gasteiger charge is 2.69. The lowest BCUT2D eigenvalue weighted by Crippen LogP contribution is -2.45. The molecule has 1 aliphatic carbocycles. The average Bonchev–Trinajstić information content (AvgIpc) is 2.56. The van der Waals surface area contributed by atoms with Crippen LogP contribution in [0.1, 0.15) is 47.5 Å². The zero-order valence-electron chi connectivity index (χ0n) is 9.65. The third-order valence-corrected chi connectivity index (χ3v) is 4.56. The second-order valence-electron chi connectivity index (χ2n) is 6.12. The highest BCUT2D eigenvalue weighted by molar-refractivity contribution is 5.28. The van der Waals surface area contributed by atoms with Gasteiger partial charge in [0.2, 0.25) is 0 Å². The standard InChI is InChI=1S/C12H23N/c1-6-9-7-12(10(9)13-12)8(2)11(3,4)5/h8-10,13H,6-7H2,1-5H3. The van der Waals surface area contributed by atoms with E-state index >= 15 is 0 Å². The molecule has 1 aliphatic heterocycles. The van der Waals surface area contributed by atoms with E-state index in [0.29, 0.717) is 11.0 Å². The Kier molecular flexibility index (Phi) is 1.83. The second kappa shape index (κ2) is 2.50. The van der Waals surface area contributed by atoms with Crippen LogP contribution in [-0.4, -0.2) is 11.6 Å². The van der Waals surface area contributed by atoms with Crippen molar-refractivity contribution in [2.24, 2.45) is 17.3 Å². The fourth-order valence-corrected chi connectivity index (χ4v) is 3.09. The van der Waals surface area contributed by atoms with E-state index in [1.807, 2.05) is 0 Å². The lowest BCUT2D eigenvalue weighted by Gasteiger charge is -2.42. The van der Waals surface area contributed by atoms with Crippen LogP contribution in [0.5, 0.6) is 0 Å². The molecule has 2 rings (SSSR count). The van der Waals surface area contributed by atoms with Crippen molar-refractivity contribution in [3.05, 3.63) is 0 Å². The molecule has 0 amide bonds. The van der Waals surface area contributed by atoms with Gasteiger partial charge in [0.25, 0.3) is 0 Å². The molecule has 1 heterocycles. The fourth-order valence-electron chi connectivity index (χ4n) is 3.09. The van der Waals surface area contributed by atoms with Crippen molar-refractivity contribution in [1.29, 1.82) is 0 Å². The van der Waals surface area contributed by atoms with E-state index in [2.05, 4.69) is 39.9 Å². The van der Waals surface area contributed by atoms with Gasteiger partial charge in [0.15, 0.2) is 0 Å². The molecule has 1 saturated heterocycles. The topological polar surface area (TPSA) is 21.9 Å². The van der Waals surface area contributed by atoms with Crippen LogP contribution in [0.3, 0.4) is 0 Å². The molecule has 76 valence electrons. The molecule has 1 saturated carbocycles. The number of hydrogen-bond acceptors (Lipinski definition) is 1. The highest BCUT2D eigenvalue weighted by Crippen LogP contribution is 2.59. The maximum Gasteiger partial charge on any atom is 0.0375 e. The fraction of sp³-hybridized carbons (Fsp3) is 1.00. The van der Waals surface area contributed by atoms with E-state index in [9.17, 15) is 0 Å². The minimum atomic E-state index is 0.459. The zero-order valence-corrected chi connectivity index (χ0v) is 9.65. The molecule has 0 bridgehead atoms. The van der Waals surface area contributed by atoms with Crippen molar-refractivity contribution >= 4 is 0 Å². The van der Waals surface area contributed by atoms with Gasteiger partial charge in [-0.05, 0) is 23.7 Å². The molecule has 0 radical (unpaired) electrons. The maximum absolute atomic E-state index is 3.73. The first kappa shape index (κ1) is 9.51. The van der Waals surface area contributed by atoms with Crippen LogP contribution in [0, 0.1) is 17.3 Å². The largest absolute Gasteiger partial charge is 0.305 e. The first-order valence-electron chi connectivity index (χ1n) is 5.69. The van der Waals surface area contributed by atoms with Crippen LogP contribution in [0.4, 0.5) is 0 Å². The molecular formula is C12H23N. The van der Waals surface area contributed by atoms with Gasteiger partial charge in [0.05, 0.1) is 0 Å². The monoisotopic (exact) mass is 181 g/mol. The van der Waals surface area contributed by atoms with E-state index in [0.717, 1.165) is 17.9 Å². The summed E-state index contributed by atoms with van der Waals surface area (Å²) in [7, 11) is 0. The van der Waals surface area contributed by atoms with E-state index in [-0.39, 0.29) is 0 Å². The molecule has 1 nitrogen and oxygen atoms in total. The predicted octanol–water partition coefficient (Wildman–Crippen LogP) is 2.81. The Bertz CT molecular complexity index is 216. The van der Waals surface area contributed by atoms with Crippen molar-refractivity contribution in [1.82, 2.24) is 5.32 Å². The van der Waals surface area contributed by atoms with Crippen molar-refractivity contribution < 1.29 is 0 Å². The molecule has 4 atom stereocenters. The number of hydrogen-bond donors (Lipinski definition) is 1. The molecule has 0 aromatic heterocycles. The quantitative estimate of drug-likeness (QED) is 0.650. The molecule has 1 heteroatoms. The lowest BCUT2D eigenvalue weighted by atomic mass is 9.61. The highest BCUT2D eigenvalue weighted by atomic mass is 15.3. The molecule has 4 unspecified atom stereocenters. The van der Waals surface area contributed by atoms with Crippen LogP contribution in [-0.2, 0) is 0 Å². The summed E-state index contributed by atoms with van der Waals surface area (Å²) in [4.78, 5) is 0. The summed E-state index contributed by atoms with van der Waals surface area (Å²) in [6.45, 7) is 11.8. The van der Waals surface area contributed by atoms with Crippen LogP contribution in [0.2, 0.25) is 0 Å². The minimum absolute atomic E-state index is 0.459. The summed E-state index contributed by atoms with van der Waals surface area (Å²) in [5, 5.41) is 3.73. The van der Waals surface area contributed by atoms with Crippen molar-refractivity contribution in [3.63, 3.8) is 0 Å². The zero-order chi connectivity index (χ0) is 9.85. The van der Waals surface area contributed by atoms with Gasteiger partial charge in [0, 0.05) is 11.6 Å². The Morgan fingerprint density at radius 3 is 2.46 bits per heavy atom. The average molecular weight is 181 g/mol. The Morgan fingerprint density at radius 1 is 1.46 bits per heavy atom. The summed E-state index contributed by atoms with van der Waals surface area (Å²) in [6, 6.07) is 0.867. The molecule has 2 fully saturated rings. The Morgan fingerprint density at radius 2 is 2.08 bits per heavy atom. The molecule has 2 aliphatic rings. The third-order valence-electron chi connectivity index (χ3n) is 4.56. The van der Waals surface area contributed by atoms with Crippen molar-refractivity contribution in [2.75, 3.05) is 0 Å². The summed E-state index contributed by atoms with van der Waals surface area (Å²) in [5.41, 5.74) is 1.01. The smallest absolute Gasteiger partial charge is 0.0375 e. The Labute approximate surface area is 82.3 Å². The maximum atomic E-state index is 3.73. The Balaban J connectivity index is 2.00. The summed E-state index contributed by atoms with van der Waals surface area (Å²) >= 11 is 0. The van der Waals surface area contributed by atoms with Crippen LogP contribution in [0.25, 0.3) is 0 Å². The van der Waals surface area contributed by atoms with E-state index < -0.39 is 0 Å². The SMILES string of the molecule is CCC1CC2(C(C)C(C)(C)C)NC12. The molecular weight excluding hydrogens is 158 g/mol. The minimum Gasteiger partial charge on any atom is -0.305 e. The van der Waals surface area contributed by atoms with E-state index in [1.54, 1.807) is 0 Å². The molecule has 0 aromatic rings. The summed E-state index contributed by atoms with van der Waals surface area (Å²) < 4.78 is 0. The molecule has 0 spiro atoms. The third kappa shape index (κ3) is 1.16. The molecule has 1 N–H and O–H groups in total. The predicted molar refractivity (Wildman–Crippen MR) is 56.7 cm³/mol. The summed E-state index contributed by atoms with van der Waals surface area (Å²) in [5.74, 6) is 1.79. The molecule has 13 heavy (non-hydrogen) atoms. The normalized spacial score (nSPS) is 45.0. The van der Waals surface area contributed by atoms with E-state index in [1.165, 1.54) is 12.8 Å². The van der Waals surface area contributed by atoms with E-state index in [4.69, 9.17) is 0 Å². The van der Waals surface area contributed by atoms with Gasteiger partial charge in [0.1, 0.15) is 0 Å². The van der Waals surface area contributed by atoms with Crippen LogP contribution < -0.4 is 5.32 Å². The van der Waals surface area contributed by atoms with Crippen LogP contribution >= 0.6 is 0 Å². The van der Waals surface area contributed by atoms with Gasteiger partial charge >= 0.3 is 0 Å². The van der Waals surface area contributed by atoms with Crippen molar-refractivity contribution in [3.8, 4) is 0 Å². The van der Waals surface area contributed by atoms with Gasteiger partial charge in [-0.25, -0.2) is 0 Å². The van der Waals surface area contributed by atoms with Gasteiger partial charge in [-0.15, -0.1) is 0 Å². The first-order valence-corrected chi connectivity index (χ1v) is 5.69. The van der Waals surface area contributed by atoms with Gasteiger partial charge < -0.3 is 5.32 Å². The van der Waals surface area contributed by atoms with Gasteiger partial charge in [-0.1, -0.05) is 41.0 Å². The number of rotatable bonds is 2. The first-order chi connectivity index (χ1) is 5.92. The number of fused-ring (bicyclic) bond motifs is 1. The van der Waals surface area contributed by atoms with Crippen LogP contribution in [0.15, 0.2) is 0 Å². The lowest BCUT2D eigenvalue weighted by molar-refractivity contribution is 0.129. The van der Waals surface area contributed by atoms with Crippen molar-refractivity contribution in [2.45, 2.75) is 59.0 Å². The second-order valence-corrected chi connectivity index (χ2v) is 6.12. The van der Waals surface area contributed by atoms with Gasteiger partial charge in [-0.2, -0.15) is 0 Å². The number of nitrogens with one attached hydrogen (secondary N) is 1.